The molecule has 102 valence electrons. The molecule has 19 heavy (non-hydrogen) atoms. The highest BCUT2D eigenvalue weighted by Crippen LogP contribution is 2.35. The number of hydrogen-bond donors (Lipinski definition) is 1. The summed E-state index contributed by atoms with van der Waals surface area (Å²) in [5.74, 6) is -0.0276. The van der Waals surface area contributed by atoms with Gasteiger partial charge in [0, 0.05) is 44.0 Å². The first kappa shape index (κ1) is 12.4. The van der Waals surface area contributed by atoms with Crippen LogP contribution in [-0.2, 0) is 0 Å². The fourth-order valence-electron chi connectivity index (χ4n) is 2.85. The van der Waals surface area contributed by atoms with Crippen molar-refractivity contribution in [2.75, 3.05) is 31.1 Å². The van der Waals surface area contributed by atoms with Crippen LogP contribution in [-0.4, -0.2) is 42.2 Å². The van der Waals surface area contributed by atoms with Crippen molar-refractivity contribution in [3.8, 4) is 5.75 Å². The minimum Gasteiger partial charge on any atom is -0.505 e. The van der Waals surface area contributed by atoms with Crippen LogP contribution in [0.2, 0.25) is 0 Å². The number of nitroso groups, excluding NO2 is 1. The molecule has 1 saturated heterocycles. The molecule has 0 amide bonds. The number of hydrogen-bond acceptors (Lipinski definition) is 5. The lowest BCUT2D eigenvalue weighted by Gasteiger charge is -2.37. The highest BCUT2D eigenvalue weighted by atomic mass is 16.3. The largest absolute Gasteiger partial charge is 0.505 e. The average molecular weight is 261 g/mol. The van der Waals surface area contributed by atoms with Gasteiger partial charge in [-0.05, 0) is 36.6 Å². The van der Waals surface area contributed by atoms with Crippen LogP contribution >= 0.6 is 0 Å². The molecule has 1 N–H and O–H groups in total. The summed E-state index contributed by atoms with van der Waals surface area (Å²) in [6, 6.07) is 4.14. The topological polar surface area (TPSA) is 56.1 Å². The molecule has 5 nitrogen and oxygen atoms in total. The number of benzene rings is 1. The first-order valence-electron chi connectivity index (χ1n) is 6.85. The molecule has 2 aliphatic rings. The molecule has 0 unspecified atom stereocenters. The SMILES string of the molecule is Cc1cc(N=O)c(O)cc1N1CCN(C2CC2)CC1. The average Bonchev–Trinajstić information content (AvgIpc) is 3.25. The van der Waals surface area contributed by atoms with Gasteiger partial charge in [-0.2, -0.15) is 0 Å². The second-order valence-corrected chi connectivity index (χ2v) is 5.47. The molecule has 5 heteroatoms. The van der Waals surface area contributed by atoms with Gasteiger partial charge >= 0.3 is 0 Å². The highest BCUT2D eigenvalue weighted by Gasteiger charge is 2.31. The summed E-state index contributed by atoms with van der Waals surface area (Å²) in [5, 5.41) is 12.6. The minimum atomic E-state index is -0.0276. The van der Waals surface area contributed by atoms with Crippen LogP contribution in [0.4, 0.5) is 11.4 Å². The van der Waals surface area contributed by atoms with Crippen molar-refractivity contribution in [1.82, 2.24) is 4.90 Å². The molecule has 1 aromatic carbocycles. The van der Waals surface area contributed by atoms with Crippen molar-refractivity contribution in [3.05, 3.63) is 22.6 Å². The maximum atomic E-state index is 10.6. The van der Waals surface area contributed by atoms with E-state index in [1.54, 1.807) is 12.1 Å². The van der Waals surface area contributed by atoms with Gasteiger partial charge in [-0.25, -0.2) is 0 Å². The maximum absolute atomic E-state index is 10.6. The summed E-state index contributed by atoms with van der Waals surface area (Å²) >= 11 is 0. The normalized spacial score (nSPS) is 20.6. The third-order valence-corrected chi connectivity index (χ3v) is 4.11. The van der Waals surface area contributed by atoms with Gasteiger partial charge in [0.15, 0.2) is 0 Å². The van der Waals surface area contributed by atoms with E-state index in [0.717, 1.165) is 43.5 Å². The van der Waals surface area contributed by atoms with E-state index in [1.165, 1.54) is 12.8 Å². The summed E-state index contributed by atoms with van der Waals surface area (Å²) in [7, 11) is 0. The van der Waals surface area contributed by atoms with E-state index in [4.69, 9.17) is 0 Å². The third kappa shape index (κ3) is 2.42. The predicted octanol–water partition coefficient (Wildman–Crippen LogP) is 2.38. The van der Waals surface area contributed by atoms with Crippen molar-refractivity contribution in [1.29, 1.82) is 0 Å². The third-order valence-electron chi connectivity index (χ3n) is 4.11. The molecule has 2 fully saturated rings. The van der Waals surface area contributed by atoms with Crippen molar-refractivity contribution < 1.29 is 5.11 Å². The molecule has 1 saturated carbocycles. The van der Waals surface area contributed by atoms with E-state index >= 15 is 0 Å². The maximum Gasteiger partial charge on any atom is 0.150 e. The van der Waals surface area contributed by atoms with Crippen molar-refractivity contribution >= 4 is 11.4 Å². The molecular weight excluding hydrogens is 242 g/mol. The monoisotopic (exact) mass is 261 g/mol. The Balaban J connectivity index is 1.75. The summed E-state index contributed by atoms with van der Waals surface area (Å²) in [6.07, 6.45) is 2.69. The van der Waals surface area contributed by atoms with Crippen LogP contribution < -0.4 is 4.90 Å². The van der Waals surface area contributed by atoms with Gasteiger partial charge in [0.2, 0.25) is 0 Å². The fraction of sp³-hybridized carbons (Fsp3) is 0.571. The smallest absolute Gasteiger partial charge is 0.150 e. The number of aromatic hydroxyl groups is 1. The summed E-state index contributed by atoms with van der Waals surface area (Å²) in [5.41, 5.74) is 2.13. The van der Waals surface area contributed by atoms with Gasteiger partial charge in [0.1, 0.15) is 11.4 Å². The van der Waals surface area contributed by atoms with Gasteiger partial charge in [0.25, 0.3) is 0 Å². The fourth-order valence-corrected chi connectivity index (χ4v) is 2.85. The van der Waals surface area contributed by atoms with Crippen molar-refractivity contribution in [3.63, 3.8) is 0 Å². The number of nitrogens with zero attached hydrogens (tertiary/aromatic N) is 3. The highest BCUT2D eigenvalue weighted by molar-refractivity contribution is 5.65. The lowest BCUT2D eigenvalue weighted by molar-refractivity contribution is 0.248. The lowest BCUT2D eigenvalue weighted by Crippen LogP contribution is -2.47. The Labute approximate surface area is 112 Å². The Kier molecular flexibility index (Phi) is 3.14. The number of aryl methyl sites for hydroxylation is 1. The predicted molar refractivity (Wildman–Crippen MR) is 75.1 cm³/mol. The Morgan fingerprint density at radius 3 is 2.47 bits per heavy atom. The number of phenolic OH excluding ortho intramolecular Hbond substituents is 1. The molecule has 0 atom stereocenters. The van der Waals surface area contributed by atoms with Gasteiger partial charge < -0.3 is 10.0 Å². The zero-order chi connectivity index (χ0) is 13.4. The second kappa shape index (κ2) is 4.81. The first-order chi connectivity index (χ1) is 9.19. The number of piperazine rings is 1. The van der Waals surface area contributed by atoms with Gasteiger partial charge in [-0.3, -0.25) is 4.90 Å². The van der Waals surface area contributed by atoms with E-state index in [0.29, 0.717) is 0 Å². The van der Waals surface area contributed by atoms with Crippen LogP contribution in [0, 0.1) is 11.8 Å². The zero-order valence-electron chi connectivity index (χ0n) is 11.2. The molecule has 1 aliphatic heterocycles. The van der Waals surface area contributed by atoms with Crippen LogP contribution in [0.1, 0.15) is 18.4 Å². The minimum absolute atomic E-state index is 0.0276. The molecule has 0 bridgehead atoms. The number of rotatable bonds is 3. The van der Waals surface area contributed by atoms with Gasteiger partial charge in [0.05, 0.1) is 0 Å². The van der Waals surface area contributed by atoms with Crippen molar-refractivity contribution in [2.45, 2.75) is 25.8 Å². The Hall–Kier alpha value is -1.62. The number of anilines is 1. The summed E-state index contributed by atoms with van der Waals surface area (Å²) in [6.45, 7) is 6.07. The van der Waals surface area contributed by atoms with Crippen LogP contribution in [0.3, 0.4) is 0 Å². The molecule has 0 spiro atoms. The molecular formula is C14H19N3O2. The first-order valence-corrected chi connectivity index (χ1v) is 6.85. The summed E-state index contributed by atoms with van der Waals surface area (Å²) < 4.78 is 0. The second-order valence-electron chi connectivity index (χ2n) is 5.47. The molecule has 1 aliphatic carbocycles. The zero-order valence-corrected chi connectivity index (χ0v) is 11.2. The van der Waals surface area contributed by atoms with E-state index < -0.39 is 0 Å². The van der Waals surface area contributed by atoms with Gasteiger partial charge in [-0.1, -0.05) is 0 Å². The molecule has 0 radical (unpaired) electrons. The van der Waals surface area contributed by atoms with Gasteiger partial charge in [-0.15, -0.1) is 4.91 Å². The Bertz CT molecular complexity index is 492. The van der Waals surface area contributed by atoms with E-state index in [2.05, 4.69) is 15.0 Å². The standard InChI is InChI=1S/C14H19N3O2/c1-10-8-12(15-19)14(18)9-13(10)17-6-4-16(5-7-17)11-2-3-11/h8-9,11,18H,2-7H2,1H3. The van der Waals surface area contributed by atoms with Crippen LogP contribution in [0.15, 0.2) is 17.3 Å². The quantitative estimate of drug-likeness (QED) is 0.849. The summed E-state index contributed by atoms with van der Waals surface area (Å²) in [4.78, 5) is 15.4. The molecule has 1 aromatic rings. The van der Waals surface area contributed by atoms with E-state index in [-0.39, 0.29) is 11.4 Å². The Morgan fingerprint density at radius 2 is 1.89 bits per heavy atom. The number of phenols is 1. The molecule has 3 rings (SSSR count). The Morgan fingerprint density at radius 1 is 1.21 bits per heavy atom. The van der Waals surface area contributed by atoms with Crippen LogP contribution in [0.25, 0.3) is 0 Å². The van der Waals surface area contributed by atoms with Crippen molar-refractivity contribution in [2.24, 2.45) is 5.18 Å². The van der Waals surface area contributed by atoms with Crippen LogP contribution in [0.5, 0.6) is 5.75 Å². The molecule has 1 heterocycles. The lowest BCUT2D eigenvalue weighted by atomic mass is 10.1. The van der Waals surface area contributed by atoms with E-state index in [1.807, 2.05) is 6.92 Å². The molecule has 0 aromatic heterocycles. The van der Waals surface area contributed by atoms with E-state index in [9.17, 15) is 10.0 Å².